The summed E-state index contributed by atoms with van der Waals surface area (Å²) >= 11 is 0. The van der Waals surface area contributed by atoms with Gasteiger partial charge in [0.1, 0.15) is 6.09 Å². The number of sulfonamides is 1. The summed E-state index contributed by atoms with van der Waals surface area (Å²) < 4.78 is 52.3. The molecule has 2 saturated heterocycles. The van der Waals surface area contributed by atoms with Gasteiger partial charge in [-0.1, -0.05) is 50.6 Å². The Balaban J connectivity index is 1.45. The number of aliphatic hydroxyl groups is 1. The van der Waals surface area contributed by atoms with Crippen LogP contribution in [0.4, 0.5) is 4.79 Å². The van der Waals surface area contributed by atoms with Crippen molar-refractivity contribution in [3.05, 3.63) is 54.1 Å². The Hall–Kier alpha value is -3.43. The molecule has 5 rings (SSSR count). The van der Waals surface area contributed by atoms with Gasteiger partial charge in [0.05, 0.1) is 36.3 Å². The van der Waals surface area contributed by atoms with Crippen LogP contribution in [-0.4, -0.2) is 98.8 Å². The molecule has 48 heavy (non-hydrogen) atoms. The molecule has 5 atom stereocenters. The first-order valence-electron chi connectivity index (χ1n) is 16.4. The van der Waals surface area contributed by atoms with Crippen molar-refractivity contribution in [2.75, 3.05) is 39.6 Å². The lowest BCUT2D eigenvalue weighted by Crippen LogP contribution is -2.61. The van der Waals surface area contributed by atoms with Gasteiger partial charge in [-0.3, -0.25) is 4.79 Å². The van der Waals surface area contributed by atoms with Crippen molar-refractivity contribution in [1.29, 1.82) is 0 Å². The first kappa shape index (κ1) is 35.9. The van der Waals surface area contributed by atoms with Gasteiger partial charge in [-0.25, -0.2) is 8.42 Å². The number of carboxylic acid groups (broad SMARTS) is 1. The Morgan fingerprint density at radius 3 is 2.56 bits per heavy atom. The minimum absolute atomic E-state index is 0.0230. The second-order valence-electron chi connectivity index (χ2n) is 13.5. The third-order valence-electron chi connectivity index (χ3n) is 9.30. The minimum Gasteiger partial charge on any atom is -0.530 e. The monoisotopic (exact) mass is 688 g/mol. The Bertz CT molecular complexity index is 1520. The highest BCUT2D eigenvalue weighted by atomic mass is 32.2. The second-order valence-corrected chi connectivity index (χ2v) is 15.4. The Morgan fingerprint density at radius 1 is 1.08 bits per heavy atom. The number of nitrogens with zero attached hydrogens (tertiary/aromatic N) is 2. The molecule has 13 nitrogen and oxygen atoms in total. The van der Waals surface area contributed by atoms with Crippen molar-refractivity contribution in [3.63, 3.8) is 0 Å². The average molecular weight is 689 g/mol. The van der Waals surface area contributed by atoms with Crippen LogP contribution >= 0.6 is 0 Å². The normalized spacial score (nSPS) is 21.6. The zero-order valence-corrected chi connectivity index (χ0v) is 28.5. The number of carbonyl (C=O) groups is 2. The zero-order valence-electron chi connectivity index (χ0n) is 27.7. The number of benzene rings is 2. The molecule has 2 N–H and O–H groups in total. The zero-order chi connectivity index (χ0) is 34.5. The van der Waals surface area contributed by atoms with Crippen molar-refractivity contribution >= 4 is 22.0 Å². The fourth-order valence-electron chi connectivity index (χ4n) is 6.83. The van der Waals surface area contributed by atoms with E-state index in [9.17, 15) is 28.2 Å². The number of unbranched alkanes of at least 4 members (excludes halogenated alkanes) is 1. The fourth-order valence-corrected chi connectivity index (χ4v) is 8.50. The molecule has 0 spiro atoms. The van der Waals surface area contributed by atoms with Gasteiger partial charge in [-0.05, 0) is 48.8 Å². The van der Waals surface area contributed by atoms with E-state index in [0.717, 1.165) is 23.3 Å². The molecule has 0 aliphatic carbocycles. The molecule has 3 heterocycles. The van der Waals surface area contributed by atoms with Crippen LogP contribution in [-0.2, 0) is 30.7 Å². The molecule has 0 unspecified atom stereocenters. The molecule has 264 valence electrons. The summed E-state index contributed by atoms with van der Waals surface area (Å²) in [5.41, 5.74) is 0.228. The topological polar surface area (TPSA) is 167 Å². The average Bonchev–Trinajstić information content (AvgIpc) is 3.79. The number of hydrogen-bond acceptors (Lipinski definition) is 10. The van der Waals surface area contributed by atoms with Crippen molar-refractivity contribution in [2.24, 2.45) is 11.3 Å². The lowest BCUT2D eigenvalue weighted by Gasteiger charge is -2.43. The molecule has 0 bridgehead atoms. The SMILES string of the molecule is CC(=O)NCCCCC(C)(C)CN(C[C@@H](O)[C@H](Cc1ccccc1)N(C(=O)[O-])[C@H]1CO[C@H]2OCC[C@H]21)S(=O)(=O)c1ccc2c(c1)OCO2. The summed E-state index contributed by atoms with van der Waals surface area (Å²) in [5.74, 6) is 0.382. The van der Waals surface area contributed by atoms with Crippen LogP contribution in [0.25, 0.3) is 0 Å². The van der Waals surface area contributed by atoms with Gasteiger partial charge in [0.25, 0.3) is 0 Å². The van der Waals surface area contributed by atoms with E-state index in [0.29, 0.717) is 37.5 Å². The molecule has 2 fully saturated rings. The molecule has 0 saturated carbocycles. The Morgan fingerprint density at radius 2 is 1.83 bits per heavy atom. The standard InChI is InChI=1S/C34H47N3O10S/c1-23(38)35-15-8-7-14-34(2,3)21-36(48(42,43)25-11-12-30-31(18-25)47-22-46-30)19-29(39)27(17-24-9-5-4-6-10-24)37(33(40)41)28-20-45-32-26(28)13-16-44-32/h4-6,9-12,18,26-29,32,39H,7-8,13-17,19-22H2,1-3H3,(H,35,38)(H,40,41)/p-1/t26-,27-,28-,29+,32+/m0/s1. The van der Waals surface area contributed by atoms with Crippen LogP contribution in [0.2, 0.25) is 0 Å². The predicted molar refractivity (Wildman–Crippen MR) is 172 cm³/mol. The lowest BCUT2D eigenvalue weighted by atomic mass is 9.87. The Kier molecular flexibility index (Phi) is 11.5. The van der Waals surface area contributed by atoms with Crippen LogP contribution in [0, 0.1) is 11.3 Å². The van der Waals surface area contributed by atoms with Gasteiger partial charge in [-0.2, -0.15) is 4.31 Å². The molecule has 0 aromatic heterocycles. The van der Waals surface area contributed by atoms with Crippen molar-refractivity contribution in [3.8, 4) is 11.5 Å². The van der Waals surface area contributed by atoms with Crippen LogP contribution in [0.1, 0.15) is 52.0 Å². The van der Waals surface area contributed by atoms with Crippen LogP contribution in [0.3, 0.4) is 0 Å². The number of nitrogens with one attached hydrogen (secondary N) is 1. The van der Waals surface area contributed by atoms with Gasteiger partial charge in [0, 0.05) is 38.5 Å². The highest BCUT2D eigenvalue weighted by Crippen LogP contribution is 2.38. The number of ether oxygens (including phenoxy) is 4. The first-order chi connectivity index (χ1) is 22.9. The molecule has 3 aliphatic rings. The van der Waals surface area contributed by atoms with E-state index < -0.39 is 46.0 Å². The first-order valence-corrected chi connectivity index (χ1v) is 17.9. The van der Waals surface area contributed by atoms with E-state index in [1.54, 1.807) is 0 Å². The summed E-state index contributed by atoms with van der Waals surface area (Å²) in [4.78, 5) is 25.3. The van der Waals surface area contributed by atoms with E-state index in [1.165, 1.54) is 29.4 Å². The summed E-state index contributed by atoms with van der Waals surface area (Å²) in [5, 5.41) is 27.7. The van der Waals surface area contributed by atoms with E-state index in [1.807, 2.05) is 44.2 Å². The molecule has 14 heteroatoms. The van der Waals surface area contributed by atoms with Gasteiger partial charge in [0.2, 0.25) is 22.7 Å². The van der Waals surface area contributed by atoms with E-state index in [4.69, 9.17) is 18.9 Å². The highest BCUT2D eigenvalue weighted by Gasteiger charge is 2.47. The number of amides is 2. The second kappa shape index (κ2) is 15.4. The summed E-state index contributed by atoms with van der Waals surface area (Å²) in [6, 6.07) is 11.9. The van der Waals surface area contributed by atoms with Crippen LogP contribution < -0.4 is 19.9 Å². The van der Waals surface area contributed by atoms with Gasteiger partial charge >= 0.3 is 0 Å². The molecular weight excluding hydrogens is 642 g/mol. The summed E-state index contributed by atoms with van der Waals surface area (Å²) in [7, 11) is -4.23. The van der Waals surface area contributed by atoms with Gasteiger partial charge < -0.3 is 44.2 Å². The van der Waals surface area contributed by atoms with Gasteiger partial charge in [0.15, 0.2) is 17.8 Å². The molecular formula is C34H46N3O10S-. The van der Waals surface area contributed by atoms with E-state index >= 15 is 0 Å². The number of carbonyl (C=O) groups excluding carboxylic acids is 2. The van der Waals surface area contributed by atoms with Gasteiger partial charge in [-0.15, -0.1) is 0 Å². The summed E-state index contributed by atoms with van der Waals surface area (Å²) in [6.45, 7) is 6.01. The quantitative estimate of drug-likeness (QED) is 0.250. The maximum absolute atomic E-state index is 14.4. The number of hydrogen-bond donors (Lipinski definition) is 2. The summed E-state index contributed by atoms with van der Waals surface area (Å²) in [6.07, 6.45) is -0.657. The number of aliphatic hydroxyl groups excluding tert-OH is 1. The third kappa shape index (κ3) is 8.58. The highest BCUT2D eigenvalue weighted by molar-refractivity contribution is 7.89. The molecule has 3 aliphatic heterocycles. The van der Waals surface area contributed by atoms with E-state index in [2.05, 4.69) is 5.32 Å². The smallest absolute Gasteiger partial charge is 0.243 e. The lowest BCUT2D eigenvalue weighted by molar-refractivity contribution is -0.273. The van der Waals surface area contributed by atoms with Crippen molar-refractivity contribution in [2.45, 2.75) is 82.2 Å². The molecule has 2 aromatic carbocycles. The Labute approximate surface area is 282 Å². The van der Waals surface area contributed by atoms with Crippen molar-refractivity contribution in [1.82, 2.24) is 14.5 Å². The van der Waals surface area contributed by atoms with Crippen LogP contribution in [0.15, 0.2) is 53.4 Å². The fraction of sp³-hybridized carbons (Fsp3) is 0.588. The molecule has 2 aromatic rings. The predicted octanol–water partition coefficient (Wildman–Crippen LogP) is 2.12. The minimum atomic E-state index is -4.23. The van der Waals surface area contributed by atoms with Crippen molar-refractivity contribution < 1.29 is 47.2 Å². The van der Waals surface area contributed by atoms with E-state index in [-0.39, 0.29) is 49.6 Å². The maximum Gasteiger partial charge on any atom is 0.243 e. The largest absolute Gasteiger partial charge is 0.530 e. The third-order valence-corrected chi connectivity index (χ3v) is 11.1. The number of fused-ring (bicyclic) bond motifs is 2. The maximum atomic E-state index is 14.4. The molecule has 0 radical (unpaired) electrons. The van der Waals surface area contributed by atoms with Crippen LogP contribution in [0.5, 0.6) is 11.5 Å². The number of rotatable bonds is 16. The molecule has 2 amide bonds.